The Morgan fingerprint density at radius 3 is 3.10 bits per heavy atom. The normalized spacial score (nSPS) is 19.0. The van der Waals surface area contributed by atoms with Crippen molar-refractivity contribution < 1.29 is 9.53 Å². The van der Waals surface area contributed by atoms with Crippen LogP contribution in [-0.2, 0) is 23.0 Å². The molecule has 1 aliphatic heterocycles. The molecule has 0 N–H and O–H groups in total. The van der Waals surface area contributed by atoms with Gasteiger partial charge in [-0.2, -0.15) is 0 Å². The van der Waals surface area contributed by atoms with Crippen molar-refractivity contribution in [1.29, 1.82) is 0 Å². The number of amides is 1. The first-order valence-corrected chi connectivity index (χ1v) is 7.92. The largest absolute Gasteiger partial charge is 0.377 e. The highest BCUT2D eigenvalue weighted by Crippen LogP contribution is 2.25. The summed E-state index contributed by atoms with van der Waals surface area (Å²) >= 11 is 1.58. The number of hydrogen-bond acceptors (Lipinski definition) is 4. The number of morpholine rings is 1. The van der Waals surface area contributed by atoms with Gasteiger partial charge in [0, 0.05) is 30.9 Å². The molecule has 3 heterocycles. The summed E-state index contributed by atoms with van der Waals surface area (Å²) in [6, 6.07) is 4.04. The summed E-state index contributed by atoms with van der Waals surface area (Å²) < 4.78 is 7.62. The number of aromatic nitrogens is 2. The van der Waals surface area contributed by atoms with Crippen LogP contribution in [0.25, 0.3) is 0 Å². The third-order valence-corrected chi connectivity index (χ3v) is 4.60. The molecule has 0 aromatic carbocycles. The van der Waals surface area contributed by atoms with E-state index in [9.17, 15) is 4.79 Å². The van der Waals surface area contributed by atoms with E-state index < -0.39 is 0 Å². The lowest BCUT2D eigenvalue weighted by Crippen LogP contribution is -2.44. The summed E-state index contributed by atoms with van der Waals surface area (Å²) in [5, 5.41) is 2.96. The van der Waals surface area contributed by atoms with E-state index in [4.69, 9.17) is 4.74 Å². The maximum absolute atomic E-state index is 12.6. The van der Waals surface area contributed by atoms with Gasteiger partial charge >= 0.3 is 0 Å². The van der Waals surface area contributed by atoms with E-state index in [0.29, 0.717) is 26.2 Å². The second-order valence-electron chi connectivity index (χ2n) is 5.26. The van der Waals surface area contributed by atoms with Gasteiger partial charge in [-0.1, -0.05) is 0 Å². The zero-order valence-electron chi connectivity index (χ0n) is 12.3. The van der Waals surface area contributed by atoms with Crippen molar-refractivity contribution in [3.05, 3.63) is 40.1 Å². The fourth-order valence-corrected chi connectivity index (χ4v) is 3.33. The molecule has 3 rings (SSSR count). The molecular weight excluding hydrogens is 286 g/mol. The van der Waals surface area contributed by atoms with E-state index in [1.54, 1.807) is 11.3 Å². The van der Waals surface area contributed by atoms with Crippen LogP contribution in [0.3, 0.4) is 0 Å². The van der Waals surface area contributed by atoms with Gasteiger partial charge in [0.1, 0.15) is 0 Å². The van der Waals surface area contributed by atoms with E-state index in [-0.39, 0.29) is 11.9 Å². The third-order valence-electron chi connectivity index (χ3n) is 3.77. The molecule has 2 aromatic rings. The van der Waals surface area contributed by atoms with Crippen molar-refractivity contribution in [2.45, 2.75) is 19.4 Å². The first kappa shape index (κ1) is 14.3. The van der Waals surface area contributed by atoms with Crippen LogP contribution in [0.4, 0.5) is 0 Å². The highest BCUT2D eigenvalue weighted by molar-refractivity contribution is 7.09. The molecule has 0 radical (unpaired) electrons. The van der Waals surface area contributed by atoms with Gasteiger partial charge in [0.2, 0.25) is 5.91 Å². The molecule has 1 atom stereocenters. The fraction of sp³-hybridized carbons (Fsp3) is 0.467. The summed E-state index contributed by atoms with van der Waals surface area (Å²) in [6.45, 7) is 3.75. The molecule has 0 spiro atoms. The van der Waals surface area contributed by atoms with Crippen LogP contribution in [0.1, 0.15) is 22.4 Å². The Morgan fingerprint density at radius 2 is 2.43 bits per heavy atom. The quantitative estimate of drug-likeness (QED) is 0.870. The smallest absolute Gasteiger partial charge is 0.229 e. The molecule has 0 bridgehead atoms. The maximum atomic E-state index is 12.6. The lowest BCUT2D eigenvalue weighted by Gasteiger charge is -2.36. The highest BCUT2D eigenvalue weighted by atomic mass is 32.1. The van der Waals surface area contributed by atoms with Crippen LogP contribution in [0.5, 0.6) is 0 Å². The molecular formula is C15H19N3O2S. The maximum Gasteiger partial charge on any atom is 0.229 e. The number of carbonyl (C=O) groups is 1. The van der Waals surface area contributed by atoms with Gasteiger partial charge in [-0.25, -0.2) is 4.98 Å². The molecule has 1 fully saturated rings. The Hall–Kier alpha value is -1.66. The SMILES string of the molecule is Cc1nc(CC(=O)N2CCOC[C@H]2c2cccn2C)cs1. The van der Waals surface area contributed by atoms with E-state index in [2.05, 4.69) is 4.98 Å². The Kier molecular flexibility index (Phi) is 4.07. The number of thiazole rings is 1. The Balaban J connectivity index is 1.77. The lowest BCUT2D eigenvalue weighted by atomic mass is 10.1. The summed E-state index contributed by atoms with van der Waals surface area (Å²) in [5.41, 5.74) is 1.97. The molecule has 1 amide bonds. The van der Waals surface area contributed by atoms with Crippen LogP contribution in [0, 0.1) is 6.92 Å². The Bertz CT molecular complexity index is 634. The van der Waals surface area contributed by atoms with Crippen LogP contribution in [0.15, 0.2) is 23.7 Å². The van der Waals surface area contributed by atoms with Crippen LogP contribution >= 0.6 is 11.3 Å². The minimum Gasteiger partial charge on any atom is -0.377 e. The predicted molar refractivity (Wildman–Crippen MR) is 81.2 cm³/mol. The second-order valence-corrected chi connectivity index (χ2v) is 6.32. The molecule has 112 valence electrons. The zero-order chi connectivity index (χ0) is 14.8. The van der Waals surface area contributed by atoms with Crippen LogP contribution in [-0.4, -0.2) is 40.1 Å². The predicted octanol–water partition coefficient (Wildman–Crippen LogP) is 1.93. The minimum atomic E-state index is -0.00835. The lowest BCUT2D eigenvalue weighted by molar-refractivity contribution is -0.139. The number of ether oxygens (including phenoxy) is 1. The zero-order valence-corrected chi connectivity index (χ0v) is 13.1. The standard InChI is InChI=1S/C15H19N3O2S/c1-11-16-12(10-21-11)8-15(19)18-6-7-20-9-14(18)13-4-3-5-17(13)2/h3-5,10,14H,6-9H2,1-2H3/t14-/m0/s1. The highest BCUT2D eigenvalue weighted by Gasteiger charge is 2.30. The average Bonchev–Trinajstić information content (AvgIpc) is 3.07. The molecule has 1 saturated heterocycles. The molecule has 1 aliphatic rings. The van der Waals surface area contributed by atoms with Gasteiger partial charge in [0.15, 0.2) is 0 Å². The number of carbonyl (C=O) groups excluding carboxylic acids is 1. The van der Waals surface area contributed by atoms with Gasteiger partial charge in [0.05, 0.1) is 36.4 Å². The number of aryl methyl sites for hydroxylation is 2. The van der Waals surface area contributed by atoms with Crippen molar-refractivity contribution in [1.82, 2.24) is 14.5 Å². The first-order valence-electron chi connectivity index (χ1n) is 7.04. The van der Waals surface area contributed by atoms with E-state index in [1.165, 1.54) is 0 Å². The molecule has 21 heavy (non-hydrogen) atoms. The molecule has 0 saturated carbocycles. The van der Waals surface area contributed by atoms with Crippen LogP contribution in [0.2, 0.25) is 0 Å². The van der Waals surface area contributed by atoms with Crippen molar-refractivity contribution in [3.63, 3.8) is 0 Å². The number of hydrogen-bond donors (Lipinski definition) is 0. The summed E-state index contributed by atoms with van der Waals surface area (Å²) in [7, 11) is 2.00. The Labute approximate surface area is 128 Å². The molecule has 0 unspecified atom stereocenters. The average molecular weight is 305 g/mol. The van der Waals surface area contributed by atoms with E-state index in [0.717, 1.165) is 16.4 Å². The van der Waals surface area contributed by atoms with E-state index >= 15 is 0 Å². The van der Waals surface area contributed by atoms with Gasteiger partial charge < -0.3 is 14.2 Å². The molecule has 5 nitrogen and oxygen atoms in total. The molecule has 2 aromatic heterocycles. The number of rotatable bonds is 3. The minimum absolute atomic E-state index is 0.00835. The van der Waals surface area contributed by atoms with Gasteiger partial charge in [-0.3, -0.25) is 4.79 Å². The van der Waals surface area contributed by atoms with Crippen molar-refractivity contribution >= 4 is 17.2 Å². The number of nitrogens with zero attached hydrogens (tertiary/aromatic N) is 3. The van der Waals surface area contributed by atoms with Gasteiger partial charge in [-0.05, 0) is 19.1 Å². The summed E-state index contributed by atoms with van der Waals surface area (Å²) in [4.78, 5) is 18.9. The topological polar surface area (TPSA) is 47.4 Å². The van der Waals surface area contributed by atoms with Gasteiger partial charge in [-0.15, -0.1) is 11.3 Å². The van der Waals surface area contributed by atoms with Gasteiger partial charge in [0.25, 0.3) is 0 Å². The van der Waals surface area contributed by atoms with Crippen molar-refractivity contribution in [2.75, 3.05) is 19.8 Å². The van der Waals surface area contributed by atoms with Crippen molar-refractivity contribution in [3.8, 4) is 0 Å². The summed E-state index contributed by atoms with van der Waals surface area (Å²) in [6.07, 6.45) is 2.36. The fourth-order valence-electron chi connectivity index (χ4n) is 2.71. The molecule has 6 heteroatoms. The second kappa shape index (κ2) is 5.99. The first-order chi connectivity index (χ1) is 10.1. The van der Waals surface area contributed by atoms with Crippen molar-refractivity contribution in [2.24, 2.45) is 7.05 Å². The Morgan fingerprint density at radius 1 is 1.57 bits per heavy atom. The molecule has 0 aliphatic carbocycles. The van der Waals surface area contributed by atoms with Crippen LogP contribution < -0.4 is 0 Å². The van der Waals surface area contributed by atoms with E-state index in [1.807, 2.05) is 47.1 Å². The monoisotopic (exact) mass is 305 g/mol. The third kappa shape index (κ3) is 3.01. The summed E-state index contributed by atoms with van der Waals surface area (Å²) in [5.74, 6) is 0.120.